The lowest BCUT2D eigenvalue weighted by Gasteiger charge is -2.53. The van der Waals surface area contributed by atoms with Crippen molar-refractivity contribution in [2.24, 2.45) is 0 Å². The highest BCUT2D eigenvalue weighted by Crippen LogP contribution is 2.37. The van der Waals surface area contributed by atoms with Crippen LogP contribution in [0, 0.1) is 6.42 Å². The molecule has 1 aliphatic rings. The fourth-order valence-electron chi connectivity index (χ4n) is 3.47. The molecular formula is C17H34N. The van der Waals surface area contributed by atoms with E-state index in [1.54, 1.807) is 0 Å². The van der Waals surface area contributed by atoms with Crippen molar-refractivity contribution >= 4 is 0 Å². The average molecular weight is 252 g/mol. The monoisotopic (exact) mass is 252 g/mol. The van der Waals surface area contributed by atoms with Gasteiger partial charge in [0.1, 0.15) is 0 Å². The summed E-state index contributed by atoms with van der Waals surface area (Å²) < 4.78 is 0. The number of nitrogens with zero attached hydrogens (tertiary/aromatic N) is 1. The first-order chi connectivity index (χ1) is 8.40. The third kappa shape index (κ3) is 4.57. The standard InChI is InChI=1S/C17H34N/c1-6-7-8-9-10-11-15-18-16(2,3)13-12-14-17(18,4)5/h12H,6-11,13-15H2,1-5H3. The van der Waals surface area contributed by atoms with Crippen molar-refractivity contribution in [3.8, 4) is 0 Å². The van der Waals surface area contributed by atoms with Crippen LogP contribution in [0.15, 0.2) is 0 Å². The largest absolute Gasteiger partial charge is 0.293 e. The van der Waals surface area contributed by atoms with E-state index in [1.165, 1.54) is 57.9 Å². The van der Waals surface area contributed by atoms with Crippen LogP contribution in [0.1, 0.15) is 86.0 Å². The fourth-order valence-corrected chi connectivity index (χ4v) is 3.47. The van der Waals surface area contributed by atoms with Crippen molar-refractivity contribution in [3.05, 3.63) is 6.42 Å². The van der Waals surface area contributed by atoms with Gasteiger partial charge in [0.15, 0.2) is 0 Å². The van der Waals surface area contributed by atoms with Crippen molar-refractivity contribution in [3.63, 3.8) is 0 Å². The number of unbranched alkanes of at least 4 members (excludes halogenated alkanes) is 5. The summed E-state index contributed by atoms with van der Waals surface area (Å²) in [5.41, 5.74) is 0.705. The highest BCUT2D eigenvalue weighted by molar-refractivity contribution is 5.02. The minimum atomic E-state index is 0.352. The highest BCUT2D eigenvalue weighted by atomic mass is 15.3. The molecular weight excluding hydrogens is 218 g/mol. The summed E-state index contributed by atoms with van der Waals surface area (Å²) in [6.45, 7) is 13.2. The maximum absolute atomic E-state index is 2.75. The van der Waals surface area contributed by atoms with Crippen LogP contribution in [0.5, 0.6) is 0 Å². The molecule has 0 spiro atoms. The number of piperidine rings is 1. The minimum Gasteiger partial charge on any atom is -0.293 e. The van der Waals surface area contributed by atoms with Gasteiger partial charge in [0, 0.05) is 11.1 Å². The zero-order valence-electron chi connectivity index (χ0n) is 13.4. The molecule has 0 atom stereocenters. The van der Waals surface area contributed by atoms with Crippen molar-refractivity contribution in [1.82, 2.24) is 4.90 Å². The van der Waals surface area contributed by atoms with Gasteiger partial charge in [0.05, 0.1) is 0 Å². The summed E-state index contributed by atoms with van der Waals surface area (Å²) in [5, 5.41) is 0. The maximum Gasteiger partial charge on any atom is 0.0161 e. The molecule has 1 fully saturated rings. The topological polar surface area (TPSA) is 3.24 Å². The quantitative estimate of drug-likeness (QED) is 0.563. The predicted octanol–water partition coefficient (Wildman–Crippen LogP) is 5.20. The molecule has 0 N–H and O–H groups in total. The Labute approximate surface area is 115 Å². The van der Waals surface area contributed by atoms with E-state index >= 15 is 0 Å². The van der Waals surface area contributed by atoms with Crippen LogP contribution in [0.2, 0.25) is 0 Å². The van der Waals surface area contributed by atoms with Crippen molar-refractivity contribution < 1.29 is 0 Å². The second kappa shape index (κ2) is 6.93. The Balaban J connectivity index is 2.33. The Kier molecular flexibility index (Phi) is 6.17. The molecule has 1 rings (SSSR count). The van der Waals surface area contributed by atoms with Crippen LogP contribution in [0.3, 0.4) is 0 Å². The molecule has 0 aromatic heterocycles. The van der Waals surface area contributed by atoms with Crippen LogP contribution in [-0.4, -0.2) is 22.5 Å². The number of rotatable bonds is 7. The smallest absolute Gasteiger partial charge is 0.0161 e. The van der Waals surface area contributed by atoms with Crippen LogP contribution < -0.4 is 0 Å². The second-order valence-electron chi connectivity index (χ2n) is 7.24. The maximum atomic E-state index is 2.75. The van der Waals surface area contributed by atoms with Crippen molar-refractivity contribution in [2.45, 2.75) is 97.1 Å². The second-order valence-corrected chi connectivity index (χ2v) is 7.24. The van der Waals surface area contributed by atoms with E-state index in [9.17, 15) is 0 Å². The molecule has 1 saturated heterocycles. The van der Waals surface area contributed by atoms with Gasteiger partial charge in [-0.1, -0.05) is 39.0 Å². The first kappa shape index (κ1) is 16.0. The number of hydrogen-bond donors (Lipinski definition) is 0. The Morgan fingerprint density at radius 2 is 1.33 bits per heavy atom. The van der Waals surface area contributed by atoms with Crippen LogP contribution >= 0.6 is 0 Å². The summed E-state index contributed by atoms with van der Waals surface area (Å²) in [6, 6.07) is 0. The first-order valence-electron chi connectivity index (χ1n) is 7.99. The van der Waals surface area contributed by atoms with Crippen LogP contribution in [0.25, 0.3) is 0 Å². The molecule has 0 unspecified atom stereocenters. The van der Waals surface area contributed by atoms with Crippen LogP contribution in [0.4, 0.5) is 0 Å². The molecule has 1 aliphatic heterocycles. The van der Waals surface area contributed by atoms with Crippen molar-refractivity contribution in [2.75, 3.05) is 6.54 Å². The van der Waals surface area contributed by atoms with Gasteiger partial charge in [-0.3, -0.25) is 4.90 Å². The number of hydrogen-bond acceptors (Lipinski definition) is 1. The lowest BCUT2D eigenvalue weighted by molar-refractivity contribution is -0.00906. The van der Waals surface area contributed by atoms with Gasteiger partial charge in [-0.15, -0.1) is 0 Å². The fraction of sp³-hybridized carbons (Fsp3) is 0.941. The van der Waals surface area contributed by atoms with Crippen LogP contribution in [-0.2, 0) is 0 Å². The van der Waals surface area contributed by atoms with Gasteiger partial charge in [0.2, 0.25) is 0 Å². The molecule has 107 valence electrons. The Morgan fingerprint density at radius 3 is 1.89 bits per heavy atom. The van der Waals surface area contributed by atoms with E-state index < -0.39 is 0 Å². The van der Waals surface area contributed by atoms with Gasteiger partial charge < -0.3 is 0 Å². The number of likely N-dealkylation sites (tertiary alicyclic amines) is 1. The average Bonchev–Trinajstić information content (AvgIpc) is 2.25. The van der Waals surface area contributed by atoms with Gasteiger partial charge in [-0.2, -0.15) is 0 Å². The molecule has 1 heteroatoms. The first-order valence-corrected chi connectivity index (χ1v) is 7.99. The zero-order chi connectivity index (χ0) is 13.6. The Hall–Kier alpha value is -0.0400. The van der Waals surface area contributed by atoms with Gasteiger partial charge in [0.25, 0.3) is 0 Å². The zero-order valence-corrected chi connectivity index (χ0v) is 13.4. The summed E-state index contributed by atoms with van der Waals surface area (Å²) in [7, 11) is 0. The third-order valence-electron chi connectivity index (χ3n) is 4.48. The molecule has 0 aromatic rings. The SMILES string of the molecule is CCCCCCCCN1C(C)(C)C[CH]CC1(C)C. The third-order valence-corrected chi connectivity index (χ3v) is 4.48. The van der Waals surface area contributed by atoms with E-state index in [0.717, 1.165) is 0 Å². The van der Waals surface area contributed by atoms with E-state index in [1.807, 2.05) is 0 Å². The Morgan fingerprint density at radius 1 is 0.833 bits per heavy atom. The molecule has 0 amide bonds. The summed E-state index contributed by atoms with van der Waals surface area (Å²) in [4.78, 5) is 2.75. The summed E-state index contributed by atoms with van der Waals surface area (Å²) >= 11 is 0. The Bertz CT molecular complexity index is 214. The molecule has 1 heterocycles. The molecule has 1 radical (unpaired) electrons. The molecule has 1 nitrogen and oxygen atoms in total. The summed E-state index contributed by atoms with van der Waals surface area (Å²) in [5.74, 6) is 0. The van der Waals surface area contributed by atoms with Gasteiger partial charge >= 0.3 is 0 Å². The molecule has 0 aliphatic carbocycles. The normalized spacial score (nSPS) is 23.2. The minimum absolute atomic E-state index is 0.352. The van der Waals surface area contributed by atoms with E-state index in [-0.39, 0.29) is 0 Å². The molecule has 0 aromatic carbocycles. The summed E-state index contributed by atoms with van der Waals surface area (Å²) in [6.07, 6.45) is 13.4. The lowest BCUT2D eigenvalue weighted by Crippen LogP contribution is -2.58. The lowest BCUT2D eigenvalue weighted by atomic mass is 9.79. The van der Waals surface area contributed by atoms with Gasteiger partial charge in [-0.05, 0) is 59.9 Å². The molecule has 0 bridgehead atoms. The molecule has 0 saturated carbocycles. The van der Waals surface area contributed by atoms with E-state index in [2.05, 4.69) is 45.9 Å². The molecule has 18 heavy (non-hydrogen) atoms. The van der Waals surface area contributed by atoms with E-state index in [4.69, 9.17) is 0 Å². The van der Waals surface area contributed by atoms with Crippen molar-refractivity contribution in [1.29, 1.82) is 0 Å². The predicted molar refractivity (Wildman–Crippen MR) is 81.8 cm³/mol. The van der Waals surface area contributed by atoms with E-state index in [0.29, 0.717) is 11.1 Å². The van der Waals surface area contributed by atoms with Gasteiger partial charge in [-0.25, -0.2) is 0 Å². The highest BCUT2D eigenvalue weighted by Gasteiger charge is 2.40.